The molecule has 3 aliphatic rings. The third kappa shape index (κ3) is 7.30. The van der Waals surface area contributed by atoms with E-state index in [0.717, 1.165) is 99.0 Å². The summed E-state index contributed by atoms with van der Waals surface area (Å²) < 4.78 is 7.13. The van der Waals surface area contributed by atoms with Gasteiger partial charge in [-0.25, -0.2) is 15.0 Å². The molecule has 3 amide bonds. The standard InChI is InChI=1S/C84H87N9O3/c1-76(2)64-67(79(7,8)82(76,13)14)91-61-31-25-22-28-52(61)58-43-49(34-37-55(58)70(91)85-64)88(19)73(94)46-40-47(74(95)89(20)50-35-38-56-59(44-50)53-29-23-26-32-62(53)92-68-65(86-71(56)92)77(3,4)83(15,16)80(68,9)10)42-48(41-46)75(96)90(21)51-36-39-57-60(45-51)54-30-24-27-33-63(54)93-69-66(87-72(57)93)78(5,6)84(17,18)81(69,11)12/h22-45H,1-21H3. The zero-order valence-corrected chi connectivity index (χ0v) is 59.6. The number of benzene rings is 7. The maximum atomic E-state index is 15.6. The normalized spacial score (nSPS) is 18.7. The Hall–Kier alpha value is -9.42. The molecule has 12 nitrogen and oxygen atoms in total. The first-order valence-corrected chi connectivity index (χ1v) is 34.1. The van der Waals surface area contributed by atoms with Crippen molar-refractivity contribution in [2.75, 3.05) is 35.8 Å². The van der Waals surface area contributed by atoms with Gasteiger partial charge in [-0.3, -0.25) is 27.6 Å². The van der Waals surface area contributed by atoms with Gasteiger partial charge in [0.05, 0.1) is 50.7 Å². The molecule has 0 spiro atoms. The highest BCUT2D eigenvalue weighted by Crippen LogP contribution is 2.65. The first-order chi connectivity index (χ1) is 44.9. The molecular weight excluding hydrogens is 1180 g/mol. The maximum absolute atomic E-state index is 15.6. The first-order valence-electron chi connectivity index (χ1n) is 34.1. The number of amides is 3. The minimum absolute atomic E-state index is 0.0818. The van der Waals surface area contributed by atoms with Crippen LogP contribution in [0, 0.1) is 16.2 Å². The lowest BCUT2D eigenvalue weighted by Crippen LogP contribution is -2.43. The fourth-order valence-corrected chi connectivity index (χ4v) is 17.8. The van der Waals surface area contributed by atoms with Crippen molar-refractivity contribution in [3.05, 3.63) is 196 Å². The summed E-state index contributed by atoms with van der Waals surface area (Å²) in [6, 6.07) is 48.8. The molecule has 12 heteroatoms. The van der Waals surface area contributed by atoms with Crippen LogP contribution in [0.3, 0.4) is 0 Å². The molecule has 0 saturated carbocycles. The number of aromatic nitrogens is 6. The van der Waals surface area contributed by atoms with E-state index in [9.17, 15) is 0 Å². The van der Waals surface area contributed by atoms with Gasteiger partial charge < -0.3 is 14.7 Å². The van der Waals surface area contributed by atoms with E-state index in [2.05, 4.69) is 247 Å². The van der Waals surface area contributed by atoms with Crippen LogP contribution >= 0.6 is 0 Å². The van der Waals surface area contributed by atoms with Gasteiger partial charge in [0.2, 0.25) is 0 Å². The molecule has 7 aromatic carbocycles. The van der Waals surface area contributed by atoms with Crippen LogP contribution in [0.15, 0.2) is 146 Å². The lowest BCUT2D eigenvalue weighted by molar-refractivity contribution is 0.0992. The molecule has 486 valence electrons. The summed E-state index contributed by atoms with van der Waals surface area (Å²) >= 11 is 0. The van der Waals surface area contributed by atoms with E-state index >= 15 is 14.4 Å². The van der Waals surface area contributed by atoms with Gasteiger partial charge in [-0.2, -0.15) is 0 Å². The zero-order valence-electron chi connectivity index (χ0n) is 59.6. The van der Waals surface area contributed by atoms with E-state index in [1.54, 1.807) is 54.0 Å². The smallest absolute Gasteiger partial charge is 0.258 e. The molecule has 13 aromatic rings. The monoisotopic (exact) mass is 1270 g/mol. The van der Waals surface area contributed by atoms with Crippen LogP contribution < -0.4 is 14.7 Å². The Morgan fingerprint density at radius 1 is 0.292 bits per heavy atom. The molecule has 16 rings (SSSR count). The summed E-state index contributed by atoms with van der Waals surface area (Å²) in [5.74, 6) is -1.15. The summed E-state index contributed by atoms with van der Waals surface area (Å²) in [5, 5.41) is 8.97. The molecule has 6 heterocycles. The van der Waals surface area contributed by atoms with Crippen LogP contribution in [-0.4, -0.2) is 67.0 Å². The van der Waals surface area contributed by atoms with Crippen LogP contribution in [0.2, 0.25) is 0 Å². The van der Waals surface area contributed by atoms with E-state index in [-0.39, 0.29) is 83.1 Å². The Bertz CT molecular complexity index is 5150. The molecule has 0 N–H and O–H groups in total. The highest BCUT2D eigenvalue weighted by molar-refractivity contribution is 6.19. The third-order valence-corrected chi connectivity index (χ3v) is 27.3. The van der Waals surface area contributed by atoms with Crippen LogP contribution in [0.25, 0.3) is 82.0 Å². The van der Waals surface area contributed by atoms with Crippen molar-refractivity contribution < 1.29 is 14.4 Å². The number of carbonyl (C=O) groups is 3. The topological polar surface area (TPSA) is 113 Å². The molecule has 0 aliphatic heterocycles. The zero-order chi connectivity index (χ0) is 68.4. The predicted octanol–water partition coefficient (Wildman–Crippen LogP) is 19.2. The van der Waals surface area contributed by atoms with Gasteiger partial charge in [0.15, 0.2) is 0 Å². The summed E-state index contributed by atoms with van der Waals surface area (Å²) in [7, 11) is 5.28. The van der Waals surface area contributed by atoms with E-state index < -0.39 is 0 Å². The number of rotatable bonds is 6. The van der Waals surface area contributed by atoms with Gasteiger partial charge >= 0.3 is 0 Å². The minimum Gasteiger partial charge on any atom is -0.311 e. The lowest BCUT2D eigenvalue weighted by atomic mass is 9.60. The molecule has 0 atom stereocenters. The summed E-state index contributed by atoms with van der Waals surface area (Å²) in [4.78, 5) is 68.3. The van der Waals surface area contributed by atoms with Crippen LogP contribution in [-0.2, 0) is 32.5 Å². The fraction of sp³-hybridized carbons (Fsp3) is 0.357. The van der Waals surface area contributed by atoms with E-state index in [1.807, 2.05) is 18.2 Å². The molecule has 0 unspecified atom stereocenters. The molecule has 3 aliphatic carbocycles. The van der Waals surface area contributed by atoms with Gasteiger partial charge in [-0.15, -0.1) is 0 Å². The number of carbonyl (C=O) groups excluding carboxylic acids is 3. The van der Waals surface area contributed by atoms with Crippen molar-refractivity contribution in [2.24, 2.45) is 16.2 Å². The van der Waals surface area contributed by atoms with Crippen LogP contribution in [0.4, 0.5) is 17.1 Å². The largest absolute Gasteiger partial charge is 0.311 e. The molecule has 6 aromatic heterocycles. The molecule has 0 radical (unpaired) electrons. The predicted molar refractivity (Wildman–Crippen MR) is 395 cm³/mol. The third-order valence-electron chi connectivity index (χ3n) is 27.3. The average molecular weight is 1270 g/mol. The Balaban J connectivity index is 0.820. The van der Waals surface area contributed by atoms with Gasteiger partial charge in [-0.1, -0.05) is 179 Å². The number of hydrogen-bond donors (Lipinski definition) is 0. The van der Waals surface area contributed by atoms with Crippen molar-refractivity contribution in [1.29, 1.82) is 0 Å². The number of imidazole rings is 3. The molecule has 96 heavy (non-hydrogen) atoms. The SMILES string of the molecule is CN(C(=O)c1cc(C(=O)N(C)c2ccc3c(c2)c2ccccc2n2c4c(nc32)C(C)(C)C(C)(C)C4(C)C)cc(C(=O)N(C)c2ccc3c(c2)c2ccccc2n2c4c(nc32)C(C)(C)C(C)(C)C4(C)C)c1)c1ccc2c(c1)c1ccccc1n1c3c(nc21)C(C)(C)C(C)(C)C3(C)C. The van der Waals surface area contributed by atoms with E-state index in [0.29, 0.717) is 17.1 Å². The second kappa shape index (κ2) is 19.0. The van der Waals surface area contributed by atoms with E-state index in [4.69, 9.17) is 15.0 Å². The van der Waals surface area contributed by atoms with Crippen molar-refractivity contribution in [1.82, 2.24) is 28.2 Å². The van der Waals surface area contributed by atoms with E-state index in [1.165, 1.54) is 17.1 Å². The number of hydrogen-bond acceptors (Lipinski definition) is 6. The Morgan fingerprint density at radius 3 is 0.781 bits per heavy atom. The number of para-hydroxylation sites is 3. The van der Waals surface area contributed by atoms with Crippen molar-refractivity contribution in [2.45, 2.75) is 157 Å². The van der Waals surface area contributed by atoms with Crippen LogP contribution in [0.5, 0.6) is 0 Å². The van der Waals surface area contributed by atoms with Gasteiger partial charge in [0.25, 0.3) is 17.7 Å². The molecule has 0 saturated heterocycles. The number of fused-ring (bicyclic) bond motifs is 24. The van der Waals surface area contributed by atoms with Crippen molar-refractivity contribution in [3.63, 3.8) is 0 Å². The second-order valence-electron chi connectivity index (χ2n) is 33.2. The number of pyridine rings is 3. The minimum atomic E-state index is -0.385. The maximum Gasteiger partial charge on any atom is 0.258 e. The molecular formula is C84H87N9O3. The first kappa shape index (κ1) is 61.5. The summed E-state index contributed by atoms with van der Waals surface area (Å²) in [6.45, 7) is 42.1. The van der Waals surface area contributed by atoms with Crippen molar-refractivity contribution in [3.8, 4) is 0 Å². The Labute approximate surface area is 561 Å². The summed E-state index contributed by atoms with van der Waals surface area (Å²) in [6.07, 6.45) is 0. The summed E-state index contributed by atoms with van der Waals surface area (Å²) in [5.41, 5.74) is 13.8. The fourth-order valence-electron chi connectivity index (χ4n) is 17.8. The lowest BCUT2D eigenvalue weighted by Gasteiger charge is -2.44. The second-order valence-corrected chi connectivity index (χ2v) is 33.2. The Morgan fingerprint density at radius 2 is 0.531 bits per heavy atom. The van der Waals surface area contributed by atoms with Crippen LogP contribution in [0.1, 0.15) is 190 Å². The average Bonchev–Trinajstić information content (AvgIpc) is 1.52. The highest BCUT2D eigenvalue weighted by atomic mass is 16.2. The molecule has 0 bridgehead atoms. The van der Waals surface area contributed by atoms with Gasteiger partial charge in [-0.05, 0) is 123 Å². The van der Waals surface area contributed by atoms with Gasteiger partial charge in [0.1, 0.15) is 16.9 Å². The Kier molecular flexibility index (Phi) is 12.2. The molecule has 0 fully saturated rings. The quantitative estimate of drug-likeness (QED) is 0.153. The van der Waals surface area contributed by atoms with Crippen molar-refractivity contribution >= 4 is 117 Å². The number of nitrogens with zero attached hydrogens (tertiary/aromatic N) is 9. The number of anilines is 3. The highest BCUT2D eigenvalue weighted by Gasteiger charge is 2.62. The van der Waals surface area contributed by atoms with Gasteiger partial charge in [0, 0.05) is 120 Å².